The van der Waals surface area contributed by atoms with Crippen LogP contribution in [0, 0.1) is 0 Å². The SMILES string of the molecule is Nc1nccc2c(C3=CCN(C4COC4)CC3)nc(-c3ccc(Oc4ccccc4)cc3)n12. The number of imidazole rings is 1. The lowest BCUT2D eigenvalue weighted by molar-refractivity contribution is -0.0612. The zero-order valence-corrected chi connectivity index (χ0v) is 18.2. The number of fused-ring (bicyclic) bond motifs is 1. The third-order valence-electron chi connectivity index (χ3n) is 6.35. The van der Waals surface area contributed by atoms with Crippen molar-refractivity contribution in [2.75, 3.05) is 32.0 Å². The van der Waals surface area contributed by atoms with Crippen molar-refractivity contribution in [3.05, 3.63) is 78.6 Å². The van der Waals surface area contributed by atoms with Crippen molar-refractivity contribution < 1.29 is 9.47 Å². The zero-order chi connectivity index (χ0) is 22.2. The molecule has 0 spiro atoms. The second-order valence-electron chi connectivity index (χ2n) is 8.41. The Labute approximate surface area is 192 Å². The lowest BCUT2D eigenvalue weighted by Crippen LogP contribution is -2.50. The number of benzene rings is 2. The molecule has 7 nitrogen and oxygen atoms in total. The smallest absolute Gasteiger partial charge is 0.206 e. The van der Waals surface area contributed by atoms with Crippen molar-refractivity contribution in [1.29, 1.82) is 0 Å². The van der Waals surface area contributed by atoms with Crippen LogP contribution in [0.3, 0.4) is 0 Å². The van der Waals surface area contributed by atoms with Crippen LogP contribution in [0.25, 0.3) is 22.5 Å². The van der Waals surface area contributed by atoms with Crippen molar-refractivity contribution in [2.45, 2.75) is 12.5 Å². The van der Waals surface area contributed by atoms with Gasteiger partial charge in [-0.05, 0) is 54.5 Å². The monoisotopic (exact) mass is 439 g/mol. The van der Waals surface area contributed by atoms with Gasteiger partial charge >= 0.3 is 0 Å². The zero-order valence-electron chi connectivity index (χ0n) is 18.2. The molecule has 6 rings (SSSR count). The number of aromatic nitrogens is 3. The van der Waals surface area contributed by atoms with Crippen LogP contribution in [0.5, 0.6) is 11.5 Å². The van der Waals surface area contributed by atoms with Crippen LogP contribution in [0.2, 0.25) is 0 Å². The molecule has 1 saturated heterocycles. The molecular formula is C26H25N5O2. The van der Waals surface area contributed by atoms with E-state index in [0.29, 0.717) is 12.0 Å². The Hall–Kier alpha value is -3.68. The molecular weight excluding hydrogens is 414 g/mol. The van der Waals surface area contributed by atoms with Crippen molar-refractivity contribution >= 4 is 17.0 Å². The first kappa shape index (κ1) is 20.0. The summed E-state index contributed by atoms with van der Waals surface area (Å²) in [6.45, 7) is 3.62. The average molecular weight is 440 g/mol. The number of ether oxygens (including phenoxy) is 2. The van der Waals surface area contributed by atoms with Crippen molar-refractivity contribution in [3.8, 4) is 22.9 Å². The number of hydrogen-bond acceptors (Lipinski definition) is 6. The molecule has 33 heavy (non-hydrogen) atoms. The molecule has 4 aromatic rings. The van der Waals surface area contributed by atoms with E-state index in [-0.39, 0.29) is 0 Å². The van der Waals surface area contributed by atoms with Crippen molar-refractivity contribution in [3.63, 3.8) is 0 Å². The van der Waals surface area contributed by atoms with E-state index >= 15 is 0 Å². The third-order valence-corrected chi connectivity index (χ3v) is 6.35. The van der Waals surface area contributed by atoms with Crippen LogP contribution < -0.4 is 10.5 Å². The fourth-order valence-corrected chi connectivity index (χ4v) is 4.45. The lowest BCUT2D eigenvalue weighted by atomic mass is 10.0. The maximum absolute atomic E-state index is 6.30. The summed E-state index contributed by atoms with van der Waals surface area (Å²) in [5.74, 6) is 2.79. The topological polar surface area (TPSA) is 77.9 Å². The number of hydrogen-bond donors (Lipinski definition) is 1. The first-order valence-electron chi connectivity index (χ1n) is 11.2. The molecule has 0 unspecified atom stereocenters. The van der Waals surface area contributed by atoms with Gasteiger partial charge in [0.15, 0.2) is 0 Å². The van der Waals surface area contributed by atoms with Crippen LogP contribution in [0.4, 0.5) is 5.95 Å². The van der Waals surface area contributed by atoms with Crippen LogP contribution >= 0.6 is 0 Å². The molecule has 1 fully saturated rings. The molecule has 0 atom stereocenters. The molecule has 166 valence electrons. The Morgan fingerprint density at radius 3 is 2.45 bits per heavy atom. The van der Waals surface area contributed by atoms with E-state index < -0.39 is 0 Å². The first-order chi connectivity index (χ1) is 16.3. The number of rotatable bonds is 5. The van der Waals surface area contributed by atoms with Gasteiger partial charge in [-0.15, -0.1) is 0 Å². The quantitative estimate of drug-likeness (QED) is 0.501. The minimum atomic E-state index is 0.426. The van der Waals surface area contributed by atoms with Gasteiger partial charge in [0.1, 0.15) is 17.3 Å². The maximum Gasteiger partial charge on any atom is 0.206 e. The molecule has 2 aromatic carbocycles. The summed E-state index contributed by atoms with van der Waals surface area (Å²) >= 11 is 0. The van der Waals surface area contributed by atoms with E-state index in [1.165, 1.54) is 5.57 Å². The van der Waals surface area contributed by atoms with Gasteiger partial charge in [0.2, 0.25) is 5.95 Å². The lowest BCUT2D eigenvalue weighted by Gasteiger charge is -2.38. The van der Waals surface area contributed by atoms with Gasteiger partial charge in [-0.1, -0.05) is 24.3 Å². The molecule has 0 radical (unpaired) electrons. The van der Waals surface area contributed by atoms with Gasteiger partial charge in [-0.3, -0.25) is 9.30 Å². The summed E-state index contributed by atoms with van der Waals surface area (Å²) < 4.78 is 13.2. The van der Waals surface area contributed by atoms with E-state index in [0.717, 1.165) is 66.8 Å². The Morgan fingerprint density at radius 1 is 0.970 bits per heavy atom. The number of nitrogen functional groups attached to an aromatic ring is 1. The van der Waals surface area contributed by atoms with E-state index in [1.807, 2.05) is 65.1 Å². The van der Waals surface area contributed by atoms with Gasteiger partial charge in [0.25, 0.3) is 0 Å². The largest absolute Gasteiger partial charge is 0.457 e. The molecule has 2 aromatic heterocycles. The Bertz CT molecular complexity index is 1310. The number of para-hydroxylation sites is 1. The third kappa shape index (κ3) is 3.75. The Balaban J connectivity index is 1.33. The highest BCUT2D eigenvalue weighted by atomic mass is 16.5. The molecule has 0 amide bonds. The molecule has 2 aliphatic heterocycles. The summed E-state index contributed by atoms with van der Waals surface area (Å²) in [7, 11) is 0. The van der Waals surface area contributed by atoms with Gasteiger partial charge in [0.05, 0.1) is 30.5 Å². The maximum atomic E-state index is 6.30. The van der Waals surface area contributed by atoms with Gasteiger partial charge in [0, 0.05) is 24.8 Å². The fraction of sp³-hybridized carbons (Fsp3) is 0.231. The Kier molecular flexibility index (Phi) is 5.05. The second kappa shape index (κ2) is 8.35. The van der Waals surface area contributed by atoms with E-state index in [9.17, 15) is 0 Å². The predicted octanol–water partition coefficient (Wildman–Crippen LogP) is 4.26. The highest BCUT2D eigenvalue weighted by molar-refractivity contribution is 5.81. The molecule has 0 bridgehead atoms. The van der Waals surface area contributed by atoms with Crippen molar-refractivity contribution in [2.24, 2.45) is 0 Å². The molecule has 2 aliphatic rings. The van der Waals surface area contributed by atoms with Crippen LogP contribution in [-0.2, 0) is 4.74 Å². The summed E-state index contributed by atoms with van der Waals surface area (Å²) in [5.41, 5.74) is 10.5. The van der Waals surface area contributed by atoms with Gasteiger partial charge < -0.3 is 15.2 Å². The summed E-state index contributed by atoms with van der Waals surface area (Å²) in [6, 6.07) is 20.2. The average Bonchev–Trinajstić information content (AvgIpc) is 3.21. The second-order valence-corrected chi connectivity index (χ2v) is 8.41. The minimum Gasteiger partial charge on any atom is -0.457 e. The van der Waals surface area contributed by atoms with Gasteiger partial charge in [-0.25, -0.2) is 9.97 Å². The van der Waals surface area contributed by atoms with E-state index in [2.05, 4.69) is 16.0 Å². The van der Waals surface area contributed by atoms with E-state index in [4.69, 9.17) is 20.2 Å². The fourth-order valence-electron chi connectivity index (χ4n) is 4.45. The summed E-state index contributed by atoms with van der Waals surface area (Å²) in [6.07, 6.45) is 4.99. The number of nitrogens with zero attached hydrogens (tertiary/aromatic N) is 4. The van der Waals surface area contributed by atoms with Crippen LogP contribution in [0.1, 0.15) is 12.1 Å². The number of nitrogens with two attached hydrogens (primary N) is 1. The highest BCUT2D eigenvalue weighted by Crippen LogP contribution is 2.33. The van der Waals surface area contributed by atoms with Crippen LogP contribution in [-0.4, -0.2) is 51.6 Å². The van der Waals surface area contributed by atoms with Gasteiger partial charge in [-0.2, -0.15) is 0 Å². The van der Waals surface area contributed by atoms with Crippen LogP contribution in [0.15, 0.2) is 72.9 Å². The molecule has 7 heteroatoms. The molecule has 4 heterocycles. The summed E-state index contributed by atoms with van der Waals surface area (Å²) in [5, 5.41) is 0. The standard InChI is InChI=1S/C26H25N5O2/c27-26-28-13-10-23-24(18-11-14-30(15-12-18)20-16-32-17-20)29-25(31(23)26)19-6-8-22(9-7-19)33-21-4-2-1-3-5-21/h1-11,13,20H,12,14-17H2,(H2,27,28). The summed E-state index contributed by atoms with van der Waals surface area (Å²) in [4.78, 5) is 11.8. The molecule has 0 aliphatic carbocycles. The molecule has 0 saturated carbocycles. The predicted molar refractivity (Wildman–Crippen MR) is 128 cm³/mol. The normalized spacial score (nSPS) is 17.0. The minimum absolute atomic E-state index is 0.426. The van der Waals surface area contributed by atoms with Crippen molar-refractivity contribution in [1.82, 2.24) is 19.3 Å². The first-order valence-corrected chi connectivity index (χ1v) is 11.2. The van der Waals surface area contributed by atoms with E-state index in [1.54, 1.807) is 6.20 Å². The number of anilines is 1. The molecule has 2 N–H and O–H groups in total. The Morgan fingerprint density at radius 2 is 1.76 bits per heavy atom. The highest BCUT2D eigenvalue weighted by Gasteiger charge is 2.28.